The predicted molar refractivity (Wildman–Crippen MR) is 118 cm³/mol. The van der Waals surface area contributed by atoms with Gasteiger partial charge in [0.15, 0.2) is 9.84 Å². The summed E-state index contributed by atoms with van der Waals surface area (Å²) in [6, 6.07) is 6.99. The van der Waals surface area contributed by atoms with E-state index in [9.17, 15) is 13.2 Å². The van der Waals surface area contributed by atoms with E-state index in [1.807, 2.05) is 24.3 Å². The van der Waals surface area contributed by atoms with E-state index >= 15 is 0 Å². The van der Waals surface area contributed by atoms with Gasteiger partial charge in [-0.05, 0) is 30.2 Å². The lowest BCUT2D eigenvalue weighted by Crippen LogP contribution is -2.39. The van der Waals surface area contributed by atoms with Gasteiger partial charge in [-0.25, -0.2) is 8.42 Å². The van der Waals surface area contributed by atoms with Crippen LogP contribution < -0.4 is 4.74 Å². The lowest BCUT2D eigenvalue weighted by atomic mass is 10.2. The quantitative estimate of drug-likeness (QED) is 0.411. The number of benzene rings is 1. The molecule has 0 saturated carbocycles. The first kappa shape index (κ1) is 23.1. The molecule has 1 N–H and O–H groups in total. The first-order valence-corrected chi connectivity index (χ1v) is 11.7. The van der Waals surface area contributed by atoms with Crippen LogP contribution in [0.2, 0.25) is 0 Å². The van der Waals surface area contributed by atoms with Crippen molar-refractivity contribution in [3.63, 3.8) is 0 Å². The highest BCUT2D eigenvalue weighted by Crippen LogP contribution is 2.36. The topological polar surface area (TPSA) is 101 Å². The normalized spacial score (nSPS) is 21.6. The van der Waals surface area contributed by atoms with Crippen molar-refractivity contribution in [2.75, 3.05) is 18.1 Å². The second-order valence-electron chi connectivity index (χ2n) is 6.30. The van der Waals surface area contributed by atoms with Gasteiger partial charge < -0.3 is 9.84 Å². The first-order chi connectivity index (χ1) is 13.6. The Morgan fingerprint density at radius 2 is 2.03 bits per heavy atom. The molecular formula is C19H21NO6S3. The second kappa shape index (κ2) is 10.0. The molecular weight excluding hydrogens is 434 g/mol. The summed E-state index contributed by atoms with van der Waals surface area (Å²) in [5.41, 5.74) is 0.852. The van der Waals surface area contributed by atoms with Crippen molar-refractivity contribution < 1.29 is 27.9 Å². The van der Waals surface area contributed by atoms with Gasteiger partial charge in [-0.15, -0.1) is 0 Å². The average Bonchev–Trinajstić information content (AvgIpc) is 3.12. The number of carbonyl (C=O) groups is 2. The number of thiocarbonyl (C=S) groups is 1. The van der Waals surface area contributed by atoms with Gasteiger partial charge in [0.25, 0.3) is 11.9 Å². The molecule has 0 aliphatic carbocycles. The maximum atomic E-state index is 12.6. The number of amides is 1. The molecule has 1 aromatic rings. The van der Waals surface area contributed by atoms with E-state index in [4.69, 9.17) is 26.9 Å². The molecule has 156 valence electrons. The molecule has 0 aromatic heterocycles. The van der Waals surface area contributed by atoms with Crippen LogP contribution in [0.4, 0.5) is 0 Å². The Balaban J connectivity index is 0.000000687. The Hall–Kier alpha value is -2.17. The van der Waals surface area contributed by atoms with Gasteiger partial charge in [-0.2, -0.15) is 0 Å². The van der Waals surface area contributed by atoms with Crippen molar-refractivity contribution in [2.45, 2.75) is 19.4 Å². The van der Waals surface area contributed by atoms with Crippen LogP contribution in [0.25, 0.3) is 6.08 Å². The predicted octanol–water partition coefficient (Wildman–Crippen LogP) is 2.73. The van der Waals surface area contributed by atoms with Crippen LogP contribution >= 0.6 is 24.0 Å². The van der Waals surface area contributed by atoms with E-state index in [-0.39, 0.29) is 23.5 Å². The summed E-state index contributed by atoms with van der Waals surface area (Å²) in [6.07, 6.45) is 3.87. The number of aliphatic carboxylic acids is 1. The number of thioether (sulfide) groups is 1. The lowest BCUT2D eigenvalue weighted by Gasteiger charge is -2.20. The van der Waals surface area contributed by atoms with Crippen molar-refractivity contribution in [1.82, 2.24) is 4.90 Å². The second-order valence-corrected chi connectivity index (χ2v) is 10.2. The molecule has 2 heterocycles. The van der Waals surface area contributed by atoms with Gasteiger partial charge in [0, 0.05) is 6.92 Å². The molecule has 29 heavy (non-hydrogen) atoms. The number of hydrogen-bond acceptors (Lipinski definition) is 7. The van der Waals surface area contributed by atoms with E-state index in [1.165, 1.54) is 16.7 Å². The fourth-order valence-corrected chi connectivity index (χ4v) is 5.84. The number of carboxylic acid groups (broad SMARTS) is 1. The smallest absolute Gasteiger partial charge is 0.300 e. The van der Waals surface area contributed by atoms with Crippen molar-refractivity contribution in [2.24, 2.45) is 0 Å². The maximum absolute atomic E-state index is 12.6. The number of rotatable bonds is 5. The highest BCUT2D eigenvalue weighted by Gasteiger charge is 2.42. The van der Waals surface area contributed by atoms with E-state index in [0.717, 1.165) is 18.2 Å². The molecule has 0 spiro atoms. The summed E-state index contributed by atoms with van der Waals surface area (Å²) < 4.78 is 29.2. The Bertz CT molecular complexity index is 933. The molecule has 10 heteroatoms. The van der Waals surface area contributed by atoms with Crippen molar-refractivity contribution >= 4 is 56.1 Å². The largest absolute Gasteiger partial charge is 0.490 e. The molecule has 3 rings (SSSR count). The van der Waals surface area contributed by atoms with Crippen molar-refractivity contribution in [3.8, 4) is 5.75 Å². The third kappa shape index (κ3) is 6.69. The summed E-state index contributed by atoms with van der Waals surface area (Å²) in [5, 5.41) is 7.42. The minimum absolute atomic E-state index is 0.0118. The van der Waals surface area contributed by atoms with Gasteiger partial charge in [-0.3, -0.25) is 14.5 Å². The van der Waals surface area contributed by atoms with E-state index in [0.29, 0.717) is 22.3 Å². The minimum Gasteiger partial charge on any atom is -0.490 e. The van der Waals surface area contributed by atoms with Gasteiger partial charge in [0.1, 0.15) is 16.7 Å². The van der Waals surface area contributed by atoms with Gasteiger partial charge >= 0.3 is 0 Å². The summed E-state index contributed by atoms with van der Waals surface area (Å²) in [6.45, 7) is 5.11. The molecule has 2 saturated heterocycles. The zero-order valence-corrected chi connectivity index (χ0v) is 18.2. The molecule has 2 fully saturated rings. The summed E-state index contributed by atoms with van der Waals surface area (Å²) >= 11 is 6.51. The number of sulfone groups is 1. The standard InChI is InChI=1S/C17H17NO4S3.C2H4O2/c1-2-8-22-14-5-3-12(4-6-14)10-15-16(19)18(17(23)24-15)13-7-9-25(20,21)11-13;1-2(3)4/h2-6,10,13H,1,7-9,11H2;1H3,(H,3,4)/b15-10+;. The maximum Gasteiger partial charge on any atom is 0.300 e. The zero-order valence-electron chi connectivity index (χ0n) is 15.7. The van der Waals surface area contributed by atoms with Crippen LogP contribution in [0.5, 0.6) is 5.75 Å². The van der Waals surface area contributed by atoms with Crippen LogP contribution in [0.15, 0.2) is 41.8 Å². The molecule has 7 nitrogen and oxygen atoms in total. The van der Waals surface area contributed by atoms with Gasteiger partial charge in [-0.1, -0.05) is 48.8 Å². The molecule has 1 unspecified atom stereocenters. The third-order valence-corrected chi connectivity index (χ3v) is 7.02. The summed E-state index contributed by atoms with van der Waals surface area (Å²) in [7, 11) is -3.07. The Kier molecular flexibility index (Phi) is 8.00. The van der Waals surface area contributed by atoms with Gasteiger partial charge in [0.05, 0.1) is 22.5 Å². The van der Waals surface area contributed by atoms with Gasteiger partial charge in [0.2, 0.25) is 0 Å². The number of hydrogen-bond donors (Lipinski definition) is 1. The number of ether oxygens (including phenoxy) is 1. The summed E-state index contributed by atoms with van der Waals surface area (Å²) in [4.78, 5) is 23.6. The number of nitrogens with zero attached hydrogens (tertiary/aromatic N) is 1. The molecule has 0 radical (unpaired) electrons. The van der Waals surface area contributed by atoms with Crippen molar-refractivity contribution in [1.29, 1.82) is 0 Å². The molecule has 2 aliphatic rings. The zero-order chi connectivity index (χ0) is 21.6. The molecule has 1 atom stereocenters. The van der Waals surface area contributed by atoms with Crippen LogP contribution in [-0.2, 0) is 19.4 Å². The first-order valence-electron chi connectivity index (χ1n) is 8.63. The molecule has 1 aromatic carbocycles. The van der Waals surface area contributed by atoms with Crippen molar-refractivity contribution in [3.05, 3.63) is 47.4 Å². The fraction of sp³-hybridized carbons (Fsp3) is 0.316. The lowest BCUT2D eigenvalue weighted by molar-refractivity contribution is -0.134. The molecule has 1 amide bonds. The minimum atomic E-state index is -3.07. The van der Waals surface area contributed by atoms with Crippen LogP contribution in [0.3, 0.4) is 0 Å². The SMILES string of the molecule is C=CCOc1ccc(/C=C2/SC(=S)N(C3CCS(=O)(=O)C3)C2=O)cc1.CC(=O)O. The monoisotopic (exact) mass is 455 g/mol. The fourth-order valence-electron chi connectivity index (χ4n) is 2.74. The van der Waals surface area contributed by atoms with Crippen LogP contribution in [0, 0.1) is 0 Å². The Labute approximate surface area is 179 Å². The highest BCUT2D eigenvalue weighted by atomic mass is 32.2. The van der Waals surface area contributed by atoms with Crippen LogP contribution in [0.1, 0.15) is 18.9 Å². The molecule has 2 aliphatic heterocycles. The third-order valence-electron chi connectivity index (χ3n) is 3.94. The van der Waals surface area contributed by atoms with E-state index < -0.39 is 15.8 Å². The number of carboxylic acids is 1. The summed E-state index contributed by atoms with van der Waals surface area (Å²) in [5.74, 6) is -0.230. The van der Waals surface area contributed by atoms with Crippen LogP contribution in [-0.4, -0.2) is 58.8 Å². The Morgan fingerprint density at radius 3 is 2.55 bits per heavy atom. The highest BCUT2D eigenvalue weighted by molar-refractivity contribution is 8.26. The van der Waals surface area contributed by atoms with E-state index in [2.05, 4.69) is 6.58 Å². The van der Waals surface area contributed by atoms with E-state index in [1.54, 1.807) is 12.2 Å². The average molecular weight is 456 g/mol. The molecule has 0 bridgehead atoms. The number of carbonyl (C=O) groups excluding carboxylic acids is 1. The Morgan fingerprint density at radius 1 is 1.41 bits per heavy atom.